The number of aliphatic carboxylic acids is 1. The summed E-state index contributed by atoms with van der Waals surface area (Å²) in [4.78, 5) is 35.3. The van der Waals surface area contributed by atoms with Gasteiger partial charge in [0, 0.05) is 25.1 Å². The molecule has 0 aromatic heterocycles. The van der Waals surface area contributed by atoms with Crippen LogP contribution in [0, 0.1) is 0 Å². The molecule has 6 nitrogen and oxygen atoms in total. The van der Waals surface area contributed by atoms with E-state index in [0.29, 0.717) is 37.3 Å². The zero-order valence-corrected chi connectivity index (χ0v) is 13.6. The van der Waals surface area contributed by atoms with Crippen molar-refractivity contribution >= 4 is 17.7 Å². The third kappa shape index (κ3) is 6.95. The van der Waals surface area contributed by atoms with Crippen LogP contribution in [0.3, 0.4) is 0 Å². The van der Waals surface area contributed by atoms with Crippen LogP contribution in [0.2, 0.25) is 0 Å². The lowest BCUT2D eigenvalue weighted by Crippen LogP contribution is -2.32. The maximum atomic E-state index is 12.0. The Morgan fingerprint density at radius 3 is 2.57 bits per heavy atom. The third-order valence-corrected chi connectivity index (χ3v) is 3.37. The number of rotatable bonds is 10. The number of hydrogen-bond acceptors (Lipinski definition) is 4. The molecular formula is C17H23NO5. The number of ether oxygens (including phenoxy) is 1. The fourth-order valence-corrected chi connectivity index (χ4v) is 2.07. The van der Waals surface area contributed by atoms with E-state index in [-0.39, 0.29) is 24.7 Å². The highest BCUT2D eigenvalue weighted by Crippen LogP contribution is 2.14. The van der Waals surface area contributed by atoms with Gasteiger partial charge in [0.25, 0.3) is 0 Å². The maximum Gasteiger partial charge on any atom is 0.305 e. The second kappa shape index (κ2) is 9.61. The molecule has 0 heterocycles. The van der Waals surface area contributed by atoms with Crippen LogP contribution in [-0.2, 0) is 9.59 Å². The van der Waals surface area contributed by atoms with Gasteiger partial charge in [-0.2, -0.15) is 0 Å². The molecule has 1 rings (SSSR count). The van der Waals surface area contributed by atoms with Gasteiger partial charge in [0.05, 0.1) is 13.0 Å². The van der Waals surface area contributed by atoms with Crippen LogP contribution in [0.15, 0.2) is 24.3 Å². The number of benzene rings is 1. The predicted octanol–water partition coefficient (Wildman–Crippen LogP) is 2.37. The molecular weight excluding hydrogens is 298 g/mol. The van der Waals surface area contributed by atoms with Crippen molar-refractivity contribution in [3.63, 3.8) is 0 Å². The number of Topliss-reactive ketones (excluding diaryl/α,β-unsaturated/α-hetero) is 1. The number of amides is 1. The lowest BCUT2D eigenvalue weighted by atomic mass is 10.1. The van der Waals surface area contributed by atoms with Crippen LogP contribution >= 0.6 is 0 Å². The van der Waals surface area contributed by atoms with Gasteiger partial charge >= 0.3 is 5.97 Å². The summed E-state index contributed by atoms with van der Waals surface area (Å²) < 4.78 is 5.54. The van der Waals surface area contributed by atoms with E-state index in [4.69, 9.17) is 9.84 Å². The van der Waals surface area contributed by atoms with Crippen molar-refractivity contribution in [3.05, 3.63) is 29.8 Å². The van der Waals surface area contributed by atoms with Gasteiger partial charge < -0.3 is 14.7 Å². The first kappa shape index (κ1) is 18.7. The Morgan fingerprint density at radius 2 is 1.96 bits per heavy atom. The minimum atomic E-state index is -0.912. The van der Waals surface area contributed by atoms with Crippen molar-refractivity contribution in [3.8, 4) is 5.75 Å². The van der Waals surface area contributed by atoms with E-state index in [1.807, 2.05) is 6.92 Å². The zero-order valence-electron chi connectivity index (χ0n) is 13.6. The zero-order chi connectivity index (χ0) is 17.2. The summed E-state index contributed by atoms with van der Waals surface area (Å²) in [5.74, 6) is -0.411. The highest BCUT2D eigenvalue weighted by molar-refractivity contribution is 5.94. The summed E-state index contributed by atoms with van der Waals surface area (Å²) in [5.41, 5.74) is 0.587. The van der Waals surface area contributed by atoms with E-state index in [1.165, 1.54) is 11.8 Å². The monoisotopic (exact) mass is 321 g/mol. The molecule has 1 amide bonds. The number of hydrogen-bond donors (Lipinski definition) is 1. The summed E-state index contributed by atoms with van der Waals surface area (Å²) in [6.07, 6.45) is 0.792. The SMILES string of the molecule is CCN(CCC(=O)O)C(=O)CCCOc1cccc(C(C)=O)c1. The third-order valence-electron chi connectivity index (χ3n) is 3.37. The number of ketones is 1. The fraction of sp³-hybridized carbons (Fsp3) is 0.471. The minimum Gasteiger partial charge on any atom is -0.494 e. The Labute approximate surface area is 136 Å². The van der Waals surface area contributed by atoms with Crippen LogP contribution in [0.4, 0.5) is 0 Å². The first-order valence-corrected chi connectivity index (χ1v) is 7.67. The Kier molecular flexibility index (Phi) is 7.80. The predicted molar refractivity (Wildman–Crippen MR) is 85.7 cm³/mol. The van der Waals surface area contributed by atoms with Gasteiger partial charge in [-0.1, -0.05) is 12.1 Å². The van der Waals surface area contributed by atoms with Gasteiger partial charge in [0.2, 0.25) is 5.91 Å². The second-order valence-corrected chi connectivity index (χ2v) is 5.15. The molecule has 0 spiro atoms. The molecule has 0 fully saturated rings. The lowest BCUT2D eigenvalue weighted by molar-refractivity contribution is -0.138. The highest BCUT2D eigenvalue weighted by atomic mass is 16.5. The van der Waals surface area contributed by atoms with Crippen LogP contribution in [-0.4, -0.2) is 47.4 Å². The van der Waals surface area contributed by atoms with Crippen molar-refractivity contribution < 1.29 is 24.2 Å². The molecule has 0 atom stereocenters. The summed E-state index contributed by atoms with van der Waals surface area (Å²) >= 11 is 0. The molecule has 1 aromatic rings. The van der Waals surface area contributed by atoms with Crippen LogP contribution in [0.1, 0.15) is 43.5 Å². The Morgan fingerprint density at radius 1 is 1.22 bits per heavy atom. The largest absolute Gasteiger partial charge is 0.494 e. The van der Waals surface area contributed by atoms with Gasteiger partial charge in [-0.05, 0) is 32.4 Å². The molecule has 0 saturated heterocycles. The molecule has 23 heavy (non-hydrogen) atoms. The first-order chi connectivity index (χ1) is 10.9. The van der Waals surface area contributed by atoms with Crippen molar-refractivity contribution in [2.24, 2.45) is 0 Å². The van der Waals surface area contributed by atoms with E-state index in [1.54, 1.807) is 24.3 Å². The fourth-order valence-electron chi connectivity index (χ4n) is 2.07. The molecule has 1 N–H and O–H groups in total. The van der Waals surface area contributed by atoms with Gasteiger partial charge in [0.1, 0.15) is 5.75 Å². The molecule has 0 aliphatic rings. The quantitative estimate of drug-likeness (QED) is 0.528. The van der Waals surface area contributed by atoms with Crippen molar-refractivity contribution in [2.45, 2.75) is 33.1 Å². The van der Waals surface area contributed by atoms with Crippen LogP contribution in [0.5, 0.6) is 5.75 Å². The molecule has 126 valence electrons. The normalized spacial score (nSPS) is 10.2. The van der Waals surface area contributed by atoms with E-state index in [9.17, 15) is 14.4 Å². The van der Waals surface area contributed by atoms with Crippen molar-refractivity contribution in [1.29, 1.82) is 0 Å². The summed E-state index contributed by atoms with van der Waals surface area (Å²) in [6.45, 7) is 4.40. The van der Waals surface area contributed by atoms with Crippen LogP contribution in [0.25, 0.3) is 0 Å². The molecule has 0 radical (unpaired) electrons. The topological polar surface area (TPSA) is 83.9 Å². The van der Waals surface area contributed by atoms with E-state index in [0.717, 1.165) is 0 Å². The number of carboxylic acid groups (broad SMARTS) is 1. The Hall–Kier alpha value is -2.37. The summed E-state index contributed by atoms with van der Waals surface area (Å²) in [5, 5.41) is 8.66. The Balaban J connectivity index is 2.35. The van der Waals surface area contributed by atoms with Gasteiger partial charge in [0.15, 0.2) is 5.78 Å². The Bertz CT molecular complexity index is 556. The summed E-state index contributed by atoms with van der Waals surface area (Å²) in [7, 11) is 0. The van der Waals surface area contributed by atoms with Crippen LogP contribution < -0.4 is 4.74 Å². The smallest absolute Gasteiger partial charge is 0.305 e. The number of carbonyl (C=O) groups is 3. The average molecular weight is 321 g/mol. The minimum absolute atomic E-state index is 0.0253. The summed E-state index contributed by atoms with van der Waals surface area (Å²) in [6, 6.07) is 6.91. The average Bonchev–Trinajstić information content (AvgIpc) is 2.52. The standard InChI is InChI=1S/C17H23NO5/c1-3-18(10-9-17(21)22)16(20)8-5-11-23-15-7-4-6-14(12-15)13(2)19/h4,6-7,12H,3,5,8-11H2,1-2H3,(H,21,22). The molecule has 1 aromatic carbocycles. The van der Waals surface area contributed by atoms with E-state index in [2.05, 4.69) is 0 Å². The highest BCUT2D eigenvalue weighted by Gasteiger charge is 2.12. The molecule has 0 aliphatic heterocycles. The molecule has 0 bridgehead atoms. The number of carboxylic acids is 1. The van der Waals surface area contributed by atoms with Gasteiger partial charge in [-0.15, -0.1) is 0 Å². The lowest BCUT2D eigenvalue weighted by Gasteiger charge is -2.19. The molecule has 0 saturated carbocycles. The molecule has 6 heteroatoms. The number of nitrogens with zero attached hydrogens (tertiary/aromatic N) is 1. The van der Waals surface area contributed by atoms with E-state index >= 15 is 0 Å². The second-order valence-electron chi connectivity index (χ2n) is 5.15. The van der Waals surface area contributed by atoms with Crippen molar-refractivity contribution in [2.75, 3.05) is 19.7 Å². The van der Waals surface area contributed by atoms with E-state index < -0.39 is 5.97 Å². The number of carbonyl (C=O) groups excluding carboxylic acids is 2. The molecule has 0 aliphatic carbocycles. The molecule has 0 unspecified atom stereocenters. The van der Waals surface area contributed by atoms with Gasteiger partial charge in [-0.3, -0.25) is 14.4 Å². The first-order valence-electron chi connectivity index (χ1n) is 7.67. The maximum absolute atomic E-state index is 12.0. The van der Waals surface area contributed by atoms with Gasteiger partial charge in [-0.25, -0.2) is 0 Å². The van der Waals surface area contributed by atoms with Crippen molar-refractivity contribution in [1.82, 2.24) is 4.90 Å².